The Morgan fingerprint density at radius 2 is 1.67 bits per heavy atom. The molecule has 10 heteroatoms. The molecule has 0 saturated heterocycles. The van der Waals surface area contributed by atoms with E-state index in [-0.39, 0.29) is 22.8 Å². The fraction of sp³-hybridized carbons (Fsp3) is 0.568. The van der Waals surface area contributed by atoms with Crippen molar-refractivity contribution in [2.45, 2.75) is 132 Å². The number of thioether (sulfide) groups is 1. The zero-order valence-electron chi connectivity index (χ0n) is 33.2. The van der Waals surface area contributed by atoms with Gasteiger partial charge in [0.25, 0.3) is 0 Å². The lowest BCUT2D eigenvalue weighted by atomic mass is 9.64. The number of rotatable bonds is 16. The van der Waals surface area contributed by atoms with E-state index in [1.54, 1.807) is 7.11 Å². The van der Waals surface area contributed by atoms with Gasteiger partial charge in [-0.3, -0.25) is 0 Å². The number of halogens is 1. The Kier molecular flexibility index (Phi) is 12.4. The molecule has 7 nitrogen and oxygen atoms in total. The number of nitrogens with zero attached hydrogens (tertiary/aromatic N) is 1. The summed E-state index contributed by atoms with van der Waals surface area (Å²) in [5, 5.41) is 9.06. The highest BCUT2D eigenvalue weighted by Crippen LogP contribution is 2.61. The summed E-state index contributed by atoms with van der Waals surface area (Å²) in [4.78, 5) is 6.07. The number of oxime groups is 1. The van der Waals surface area contributed by atoms with Crippen LogP contribution in [0.4, 0.5) is 0 Å². The highest BCUT2D eigenvalue weighted by atomic mass is 79.9. The molecule has 2 fully saturated rings. The highest BCUT2D eigenvalue weighted by molar-refractivity contribution is 9.10. The van der Waals surface area contributed by atoms with Crippen molar-refractivity contribution >= 4 is 41.7 Å². The predicted molar refractivity (Wildman–Crippen MR) is 227 cm³/mol. The second kappa shape index (κ2) is 16.9. The SMILES string of the molecule is COc1ccc(CS[C@@H]2C/C(=N/OCc3ccccc3)CC3Oc4c(Br)c(OCC5CC5)cc5c4C32C[C@@H](CO[Si](C(C)C)(C(C)C)C(C)C)NC5)cc1. The topological polar surface area (TPSA) is 70.5 Å². The molecule has 292 valence electrons. The number of hydrogen-bond acceptors (Lipinski definition) is 8. The maximum absolute atomic E-state index is 7.36. The van der Waals surface area contributed by atoms with Crippen molar-refractivity contribution in [1.82, 2.24) is 5.32 Å². The number of methoxy groups -OCH3 is 1. The number of hydrogen-bond donors (Lipinski definition) is 1. The minimum absolute atomic E-state index is 0.105. The summed E-state index contributed by atoms with van der Waals surface area (Å²) in [6, 6.07) is 21.2. The molecular weight excluding hydrogens is 777 g/mol. The van der Waals surface area contributed by atoms with Gasteiger partial charge in [-0.25, -0.2) is 0 Å². The van der Waals surface area contributed by atoms with Crippen LogP contribution in [0.3, 0.4) is 0 Å². The van der Waals surface area contributed by atoms with E-state index in [0.29, 0.717) is 42.2 Å². The van der Waals surface area contributed by atoms with Gasteiger partial charge in [0.15, 0.2) is 8.32 Å². The van der Waals surface area contributed by atoms with Crippen LogP contribution in [-0.4, -0.2) is 51.7 Å². The molecule has 0 bridgehead atoms. The molecule has 2 saturated carbocycles. The summed E-state index contributed by atoms with van der Waals surface area (Å²) < 4.78 is 27.5. The van der Waals surface area contributed by atoms with Gasteiger partial charge in [0.1, 0.15) is 34.4 Å². The van der Waals surface area contributed by atoms with Gasteiger partial charge in [0.2, 0.25) is 0 Å². The molecule has 2 heterocycles. The van der Waals surface area contributed by atoms with Crippen LogP contribution in [0.2, 0.25) is 16.6 Å². The molecule has 2 unspecified atom stereocenters. The van der Waals surface area contributed by atoms with Gasteiger partial charge < -0.3 is 28.8 Å². The molecular formula is C44H59BrN2O5SSi. The molecule has 4 atom stereocenters. The maximum atomic E-state index is 7.36. The molecule has 1 spiro atoms. The standard InChI is InChI=1S/C44H59BrN2O5SSi/c1-28(2)54(29(3)4,30(5)6)51-26-36-22-44-39(52-43-41(44)34(23-46-36)19-38(42(43)45)49-24-32-13-14-32)20-35(47-50-25-31-11-9-8-10-12-31)21-40(44)53-27-33-15-17-37(48-7)18-16-33/h8-12,15-19,28-30,32,36,39-40,46H,13-14,20-27H2,1-7H3/b47-35+/t36-,39?,40+,44?/m0/s1. The molecule has 0 aromatic heterocycles. The van der Waals surface area contributed by atoms with E-state index in [1.165, 1.54) is 29.5 Å². The van der Waals surface area contributed by atoms with Gasteiger partial charge in [0, 0.05) is 48.6 Å². The Morgan fingerprint density at radius 3 is 2.33 bits per heavy atom. The Hall–Kier alpha value is -2.50. The van der Waals surface area contributed by atoms with E-state index in [1.807, 2.05) is 30.0 Å². The lowest BCUT2D eigenvalue weighted by Crippen LogP contribution is -2.56. The van der Waals surface area contributed by atoms with Crippen LogP contribution in [-0.2, 0) is 33.6 Å². The van der Waals surface area contributed by atoms with Crippen molar-refractivity contribution < 1.29 is 23.5 Å². The summed E-state index contributed by atoms with van der Waals surface area (Å²) in [7, 11) is -0.374. The van der Waals surface area contributed by atoms with Crippen LogP contribution in [0.1, 0.15) is 95.9 Å². The normalized spacial score (nSPS) is 24.4. The maximum Gasteiger partial charge on any atom is 0.200 e. The average molecular weight is 836 g/mol. The minimum atomic E-state index is -2.09. The summed E-state index contributed by atoms with van der Waals surface area (Å²) >= 11 is 6.04. The third-order valence-corrected chi connectivity index (χ3v) is 20.8. The average Bonchev–Trinajstić information content (AvgIpc) is 3.95. The third kappa shape index (κ3) is 8.02. The number of nitrogens with one attached hydrogen (secondary N) is 1. The van der Waals surface area contributed by atoms with Crippen molar-refractivity contribution in [2.24, 2.45) is 11.1 Å². The monoisotopic (exact) mass is 834 g/mol. The molecule has 54 heavy (non-hydrogen) atoms. The minimum Gasteiger partial charge on any atom is -0.497 e. The van der Waals surface area contributed by atoms with Crippen LogP contribution in [0, 0.1) is 5.92 Å². The summed E-state index contributed by atoms with van der Waals surface area (Å²) in [6.45, 7) is 16.9. The molecule has 0 amide bonds. The molecule has 2 aliphatic heterocycles. The van der Waals surface area contributed by atoms with Crippen LogP contribution in [0.5, 0.6) is 17.2 Å². The zero-order chi connectivity index (χ0) is 38.0. The van der Waals surface area contributed by atoms with E-state index < -0.39 is 8.32 Å². The van der Waals surface area contributed by atoms with Crippen LogP contribution in [0.25, 0.3) is 0 Å². The zero-order valence-corrected chi connectivity index (χ0v) is 36.6. The molecule has 3 aromatic rings. The number of benzene rings is 3. The van der Waals surface area contributed by atoms with E-state index in [2.05, 4.69) is 105 Å². The van der Waals surface area contributed by atoms with E-state index >= 15 is 0 Å². The van der Waals surface area contributed by atoms with Crippen molar-refractivity contribution in [2.75, 3.05) is 20.3 Å². The van der Waals surface area contributed by atoms with Gasteiger partial charge in [-0.05, 0) is 92.6 Å². The largest absolute Gasteiger partial charge is 0.497 e. The highest BCUT2D eigenvalue weighted by Gasteiger charge is 2.60. The Labute approximate surface area is 336 Å². The first-order chi connectivity index (χ1) is 26.0. The van der Waals surface area contributed by atoms with Crippen LogP contribution < -0.4 is 19.5 Å². The van der Waals surface area contributed by atoms with Crippen LogP contribution >= 0.6 is 27.7 Å². The molecule has 3 aromatic carbocycles. The van der Waals surface area contributed by atoms with Gasteiger partial charge >= 0.3 is 0 Å². The third-order valence-electron chi connectivity index (χ3n) is 12.4. The lowest BCUT2D eigenvalue weighted by molar-refractivity contribution is 0.101. The van der Waals surface area contributed by atoms with Gasteiger partial charge in [-0.15, -0.1) is 0 Å². The van der Waals surface area contributed by atoms with Crippen molar-refractivity contribution in [3.05, 3.63) is 87.4 Å². The Balaban J connectivity index is 1.27. The Bertz CT molecular complexity index is 1750. The van der Waals surface area contributed by atoms with Crippen molar-refractivity contribution in [1.29, 1.82) is 0 Å². The van der Waals surface area contributed by atoms with E-state index in [4.69, 9.17) is 28.6 Å². The van der Waals surface area contributed by atoms with Crippen molar-refractivity contribution in [3.8, 4) is 17.2 Å². The molecule has 4 aliphatic rings. The first kappa shape index (κ1) is 39.7. The Morgan fingerprint density at radius 1 is 0.944 bits per heavy atom. The predicted octanol–water partition coefficient (Wildman–Crippen LogP) is 11.0. The molecule has 7 rings (SSSR count). The first-order valence-corrected chi connectivity index (χ1v) is 24.0. The van der Waals surface area contributed by atoms with Gasteiger partial charge in [-0.1, -0.05) is 89.2 Å². The molecule has 1 N–H and O–H groups in total. The van der Waals surface area contributed by atoms with E-state index in [9.17, 15) is 0 Å². The fourth-order valence-electron chi connectivity index (χ4n) is 9.65. The summed E-state index contributed by atoms with van der Waals surface area (Å²) in [6.07, 6.45) is 4.84. The summed E-state index contributed by atoms with van der Waals surface area (Å²) in [5.41, 5.74) is 7.34. The lowest BCUT2D eigenvalue weighted by Gasteiger charge is -2.47. The van der Waals surface area contributed by atoms with Gasteiger partial charge in [-0.2, -0.15) is 11.8 Å². The smallest absolute Gasteiger partial charge is 0.200 e. The van der Waals surface area contributed by atoms with Crippen molar-refractivity contribution in [3.63, 3.8) is 0 Å². The fourth-order valence-corrected chi connectivity index (χ4v) is 17.2. The quantitative estimate of drug-likeness (QED) is 0.114. The molecule has 0 radical (unpaired) electrons. The first-order valence-electron chi connectivity index (χ1n) is 20.0. The second-order valence-electron chi connectivity index (χ2n) is 16.8. The molecule has 2 aliphatic carbocycles. The second-order valence-corrected chi connectivity index (χ2v) is 24.3. The number of ether oxygens (including phenoxy) is 3. The van der Waals surface area contributed by atoms with E-state index in [0.717, 1.165) is 64.7 Å². The van der Waals surface area contributed by atoms with Crippen LogP contribution in [0.15, 0.2) is 70.3 Å². The summed E-state index contributed by atoms with van der Waals surface area (Å²) in [5.74, 6) is 4.23. The van der Waals surface area contributed by atoms with Gasteiger partial charge in [0.05, 0.1) is 24.8 Å².